The maximum atomic E-state index is 13.8. The molecule has 1 atom stereocenters. The van der Waals surface area contributed by atoms with Gasteiger partial charge < -0.3 is 14.5 Å². The Bertz CT molecular complexity index is 1360. The minimum absolute atomic E-state index is 0.0146. The number of benzene rings is 3. The number of carbonyl (C=O) groups is 1. The molecule has 0 radical (unpaired) electrons. The number of nitrogens with zero attached hydrogens (tertiary/aromatic N) is 5. The van der Waals surface area contributed by atoms with Gasteiger partial charge in [0, 0.05) is 29.9 Å². The third-order valence-corrected chi connectivity index (χ3v) is 7.48. The van der Waals surface area contributed by atoms with Crippen molar-refractivity contribution in [3.63, 3.8) is 0 Å². The molecule has 7 nitrogen and oxygen atoms in total. The molecule has 3 aromatic carbocycles. The molecular formula is C32H37N5O2. The smallest absolute Gasteiger partial charge is 0.254 e. The summed E-state index contributed by atoms with van der Waals surface area (Å²) in [6.07, 6.45) is 6.30. The van der Waals surface area contributed by atoms with Crippen LogP contribution in [0.25, 0.3) is 5.69 Å². The molecule has 0 aliphatic carbocycles. The molecule has 1 aromatic heterocycles. The lowest BCUT2D eigenvalue weighted by molar-refractivity contribution is 0.0724. The normalized spacial score (nSPS) is 17.6. The zero-order valence-corrected chi connectivity index (χ0v) is 22.9. The van der Waals surface area contributed by atoms with E-state index in [0.717, 1.165) is 43.8 Å². The first-order chi connectivity index (χ1) is 19.1. The Balaban J connectivity index is 1.39. The van der Waals surface area contributed by atoms with Crippen LogP contribution in [-0.2, 0) is 6.54 Å². The fraction of sp³-hybridized carbons (Fsp3) is 0.344. The second kappa shape index (κ2) is 12.7. The van der Waals surface area contributed by atoms with Crippen molar-refractivity contribution in [2.45, 2.75) is 38.6 Å². The number of carbonyl (C=O) groups excluding carboxylic acids is 1. The molecule has 1 aliphatic rings. The van der Waals surface area contributed by atoms with Gasteiger partial charge in [0.2, 0.25) is 0 Å². The Morgan fingerprint density at radius 3 is 2.54 bits per heavy atom. The van der Waals surface area contributed by atoms with Crippen LogP contribution < -0.4 is 4.74 Å². The number of hydrogen-bond acceptors (Lipinski definition) is 5. The topological polar surface area (TPSA) is 63.5 Å². The molecule has 0 bridgehead atoms. The van der Waals surface area contributed by atoms with Crippen LogP contribution in [0.4, 0.5) is 0 Å². The molecule has 1 amide bonds. The predicted molar refractivity (Wildman–Crippen MR) is 153 cm³/mol. The predicted octanol–water partition coefficient (Wildman–Crippen LogP) is 5.50. The molecule has 4 aromatic rings. The molecule has 0 spiro atoms. The zero-order chi connectivity index (χ0) is 27.0. The van der Waals surface area contributed by atoms with Crippen molar-refractivity contribution in [3.8, 4) is 11.4 Å². The second-order valence-corrected chi connectivity index (χ2v) is 10.4. The van der Waals surface area contributed by atoms with Gasteiger partial charge in [-0.25, -0.2) is 0 Å². The second-order valence-electron chi connectivity index (χ2n) is 10.4. The van der Waals surface area contributed by atoms with Crippen molar-refractivity contribution in [1.29, 1.82) is 0 Å². The van der Waals surface area contributed by atoms with Crippen molar-refractivity contribution in [1.82, 2.24) is 24.6 Å². The van der Waals surface area contributed by atoms with Crippen LogP contribution in [0.15, 0.2) is 85.5 Å². The summed E-state index contributed by atoms with van der Waals surface area (Å²) in [5.74, 6) is 1.35. The first-order valence-corrected chi connectivity index (χ1v) is 13.8. The standard InChI is InChI=1S/C32H37N5O2/c1-25-13-14-31-29(20-25)22-35(2)17-15-27(26-8-4-3-5-9-26)11-7-16-36(18-19-39-31)32(38)28-10-6-12-30(21-28)37-23-33-34-24-37/h3-6,8-10,12-14,20-21,23-24,27H,7,11,15-19,22H2,1-2H3. The minimum Gasteiger partial charge on any atom is -0.491 e. The summed E-state index contributed by atoms with van der Waals surface area (Å²) in [6, 6.07) is 24.8. The van der Waals surface area contributed by atoms with E-state index in [2.05, 4.69) is 77.6 Å². The fourth-order valence-corrected chi connectivity index (χ4v) is 5.35. The van der Waals surface area contributed by atoms with Crippen LogP contribution in [0.2, 0.25) is 0 Å². The van der Waals surface area contributed by atoms with Crippen LogP contribution in [0.5, 0.6) is 5.75 Å². The molecule has 1 unspecified atom stereocenters. The number of amides is 1. The molecule has 0 saturated carbocycles. The molecule has 1 aliphatic heterocycles. The van der Waals surface area contributed by atoms with Crippen LogP contribution >= 0.6 is 0 Å². The van der Waals surface area contributed by atoms with Crippen LogP contribution in [0, 0.1) is 6.92 Å². The largest absolute Gasteiger partial charge is 0.491 e. The SMILES string of the molecule is Cc1ccc2c(c1)CN(C)CCC(c1ccccc1)CCCN(C(=O)c1cccc(-n3cnnc3)c1)CCO2. The van der Waals surface area contributed by atoms with Gasteiger partial charge >= 0.3 is 0 Å². The Kier molecular flexibility index (Phi) is 8.68. The fourth-order valence-electron chi connectivity index (χ4n) is 5.35. The van der Waals surface area contributed by atoms with Gasteiger partial charge in [0.15, 0.2) is 0 Å². The number of rotatable bonds is 3. The summed E-state index contributed by atoms with van der Waals surface area (Å²) in [5, 5.41) is 7.79. The van der Waals surface area contributed by atoms with Crippen molar-refractivity contribution in [3.05, 3.63) is 108 Å². The lowest BCUT2D eigenvalue weighted by Crippen LogP contribution is -2.36. The molecule has 0 saturated heterocycles. The third kappa shape index (κ3) is 6.92. The molecular weight excluding hydrogens is 486 g/mol. The van der Waals surface area contributed by atoms with E-state index in [-0.39, 0.29) is 5.91 Å². The summed E-state index contributed by atoms with van der Waals surface area (Å²) in [7, 11) is 2.19. The molecule has 5 rings (SSSR count). The van der Waals surface area contributed by atoms with Crippen LogP contribution in [0.3, 0.4) is 0 Å². The molecule has 7 heteroatoms. The van der Waals surface area contributed by atoms with Gasteiger partial charge in [-0.1, -0.05) is 54.1 Å². The Morgan fingerprint density at radius 1 is 0.897 bits per heavy atom. The van der Waals surface area contributed by atoms with E-state index in [1.165, 1.54) is 16.7 Å². The highest BCUT2D eigenvalue weighted by molar-refractivity contribution is 5.94. The number of aromatic nitrogens is 3. The molecule has 202 valence electrons. The lowest BCUT2D eigenvalue weighted by atomic mass is 9.91. The minimum atomic E-state index is 0.0146. The number of ether oxygens (including phenoxy) is 1. The van der Waals surface area contributed by atoms with Gasteiger partial charge in [0.05, 0.1) is 6.54 Å². The highest BCUT2D eigenvalue weighted by Crippen LogP contribution is 2.27. The van der Waals surface area contributed by atoms with Gasteiger partial charge in [0.1, 0.15) is 25.0 Å². The van der Waals surface area contributed by atoms with E-state index in [1.54, 1.807) is 12.7 Å². The quantitative estimate of drug-likeness (QED) is 0.355. The van der Waals surface area contributed by atoms with Crippen molar-refractivity contribution < 1.29 is 9.53 Å². The van der Waals surface area contributed by atoms with E-state index < -0.39 is 0 Å². The number of hydrogen-bond donors (Lipinski definition) is 0. The summed E-state index contributed by atoms with van der Waals surface area (Å²) in [4.78, 5) is 18.1. The van der Waals surface area contributed by atoms with E-state index in [1.807, 2.05) is 33.7 Å². The average Bonchev–Trinajstić information content (AvgIpc) is 3.50. The summed E-state index contributed by atoms with van der Waals surface area (Å²) in [5.41, 5.74) is 5.29. The highest BCUT2D eigenvalue weighted by atomic mass is 16.5. The zero-order valence-electron chi connectivity index (χ0n) is 22.9. The number of aryl methyl sites for hydroxylation is 1. The Hall–Kier alpha value is -3.97. The summed E-state index contributed by atoms with van der Waals surface area (Å²) < 4.78 is 8.09. The van der Waals surface area contributed by atoms with Gasteiger partial charge in [-0.15, -0.1) is 10.2 Å². The molecule has 0 fully saturated rings. The van der Waals surface area contributed by atoms with E-state index >= 15 is 0 Å². The maximum absolute atomic E-state index is 13.8. The van der Waals surface area contributed by atoms with E-state index in [4.69, 9.17) is 4.74 Å². The Labute approximate surface area is 231 Å². The Morgan fingerprint density at radius 2 is 1.72 bits per heavy atom. The monoisotopic (exact) mass is 523 g/mol. The van der Waals surface area contributed by atoms with Crippen LogP contribution in [-0.4, -0.2) is 63.8 Å². The van der Waals surface area contributed by atoms with Gasteiger partial charge in [-0.05, 0) is 75.5 Å². The maximum Gasteiger partial charge on any atom is 0.254 e. The van der Waals surface area contributed by atoms with Gasteiger partial charge in [0.25, 0.3) is 5.91 Å². The van der Waals surface area contributed by atoms with Crippen molar-refractivity contribution in [2.24, 2.45) is 0 Å². The van der Waals surface area contributed by atoms with Gasteiger partial charge in [-0.2, -0.15) is 0 Å². The van der Waals surface area contributed by atoms with Crippen LogP contribution in [0.1, 0.15) is 52.2 Å². The average molecular weight is 524 g/mol. The first kappa shape index (κ1) is 26.6. The van der Waals surface area contributed by atoms with E-state index in [0.29, 0.717) is 31.2 Å². The highest BCUT2D eigenvalue weighted by Gasteiger charge is 2.20. The summed E-state index contributed by atoms with van der Waals surface area (Å²) >= 11 is 0. The molecule has 0 N–H and O–H groups in total. The third-order valence-electron chi connectivity index (χ3n) is 7.48. The number of fused-ring (bicyclic) bond motifs is 1. The molecule has 39 heavy (non-hydrogen) atoms. The first-order valence-electron chi connectivity index (χ1n) is 13.8. The van der Waals surface area contributed by atoms with E-state index in [9.17, 15) is 4.79 Å². The summed E-state index contributed by atoms with van der Waals surface area (Å²) in [6.45, 7) is 5.58. The van der Waals surface area contributed by atoms with Crippen molar-refractivity contribution in [2.75, 3.05) is 33.3 Å². The van der Waals surface area contributed by atoms with Crippen molar-refractivity contribution >= 4 is 5.91 Å². The van der Waals surface area contributed by atoms with Gasteiger partial charge in [-0.3, -0.25) is 9.36 Å². The molecule has 2 heterocycles. The lowest BCUT2D eigenvalue weighted by Gasteiger charge is -2.27.